The Hall–Kier alpha value is 0.954. The normalized spacial score (nSPS) is 5.78. The molecule has 1 radical (unpaired) electrons. The summed E-state index contributed by atoms with van der Waals surface area (Å²) in [6, 6.07) is 0. The van der Waals surface area contributed by atoms with Crippen molar-refractivity contribution >= 4 is 17.7 Å². The Morgan fingerprint density at radius 3 is 1.44 bits per heavy atom. The largest absolute Gasteiger partial charge is 0.668 e. The monoisotopic (exact) mass is 221 g/mol. The van der Waals surface area contributed by atoms with Gasteiger partial charge in [-0.25, -0.2) is 0 Å². The van der Waals surface area contributed by atoms with Gasteiger partial charge in [0.15, 0.2) is 0 Å². The predicted molar refractivity (Wildman–Crippen MR) is 41.5 cm³/mol. The van der Waals surface area contributed by atoms with Gasteiger partial charge >= 0.3 is 0 Å². The van der Waals surface area contributed by atoms with Crippen molar-refractivity contribution in [1.82, 2.24) is 4.90 Å². The summed E-state index contributed by atoms with van der Waals surface area (Å²) < 4.78 is 0. The molecule has 53 valence electrons. The smallest absolute Gasteiger partial charge is 0 e. The number of thiocarbonyl (C=S) groups is 1. The number of hydrogen-bond donors (Lipinski definition) is 0. The molecule has 0 N–H and O–H groups in total. The Labute approximate surface area is 88.3 Å². The molecule has 0 atom stereocenters. The van der Waals surface area contributed by atoms with Crippen molar-refractivity contribution in [2.75, 3.05) is 28.2 Å². The molecule has 0 saturated carbocycles. The molecule has 4 heteroatoms. The standard InChI is InChI=1S/C3H6NS.C2H6N.Y/c1-4(2)3-5;1-3-2;/h1-2H3;1-2H3;/q2*-1;. The number of nitrogens with zero attached hydrogens (tertiary/aromatic N) is 2. The van der Waals surface area contributed by atoms with Crippen molar-refractivity contribution in [2.45, 2.75) is 0 Å². The van der Waals surface area contributed by atoms with Crippen LogP contribution in [0.15, 0.2) is 0 Å². The summed E-state index contributed by atoms with van der Waals surface area (Å²) in [5.41, 5.74) is 2.44. The Morgan fingerprint density at radius 1 is 1.33 bits per heavy atom. The molecule has 0 aromatic carbocycles. The van der Waals surface area contributed by atoms with Crippen molar-refractivity contribution < 1.29 is 32.7 Å². The summed E-state index contributed by atoms with van der Waals surface area (Å²) in [6.07, 6.45) is 0. The first-order chi connectivity index (χ1) is 3.68. The van der Waals surface area contributed by atoms with Crippen LogP contribution in [0.5, 0.6) is 0 Å². The van der Waals surface area contributed by atoms with E-state index in [9.17, 15) is 0 Å². The molecule has 0 spiro atoms. The summed E-state index contributed by atoms with van der Waals surface area (Å²) in [6.45, 7) is 0. The zero-order valence-corrected chi connectivity index (χ0v) is 10.0. The molecule has 0 unspecified atom stereocenters. The van der Waals surface area contributed by atoms with Crippen molar-refractivity contribution in [3.05, 3.63) is 5.32 Å². The first kappa shape index (κ1) is 16.5. The fourth-order valence-electron chi connectivity index (χ4n) is 0. The molecule has 0 aliphatic carbocycles. The van der Waals surface area contributed by atoms with E-state index in [1.807, 2.05) is 14.1 Å². The molecule has 9 heavy (non-hydrogen) atoms. The third kappa shape index (κ3) is 49.6. The molecular weight excluding hydrogens is 209 g/mol. The van der Waals surface area contributed by atoms with E-state index >= 15 is 0 Å². The maximum absolute atomic E-state index is 4.35. The molecule has 0 aromatic heterocycles. The molecule has 0 rings (SSSR count). The number of rotatable bonds is 1. The molecule has 0 fully saturated rings. The topological polar surface area (TPSA) is 17.3 Å². The SMILES string of the molecule is CN(C)[C-]=S.C[N-]C.[Y]. The van der Waals surface area contributed by atoms with Gasteiger partial charge in [-0.05, 0) is 14.1 Å². The fourth-order valence-corrected chi connectivity index (χ4v) is 0. The summed E-state index contributed by atoms with van der Waals surface area (Å²) >= 11 is 4.35. The van der Waals surface area contributed by atoms with Crippen LogP contribution in [-0.2, 0) is 32.7 Å². The van der Waals surface area contributed by atoms with Crippen LogP contribution in [0, 0.1) is 0 Å². The van der Waals surface area contributed by atoms with Crippen LogP contribution in [0.2, 0.25) is 0 Å². The first-order valence-electron chi connectivity index (χ1n) is 2.22. The average molecular weight is 221 g/mol. The van der Waals surface area contributed by atoms with Gasteiger partial charge in [-0.3, -0.25) is 0 Å². The van der Waals surface area contributed by atoms with Crippen molar-refractivity contribution in [2.24, 2.45) is 0 Å². The Morgan fingerprint density at radius 2 is 1.44 bits per heavy atom. The molecule has 2 nitrogen and oxygen atoms in total. The van der Waals surface area contributed by atoms with Gasteiger partial charge in [-0.15, -0.1) is 0 Å². The Bertz CT molecular complexity index is 50.2. The van der Waals surface area contributed by atoms with Gasteiger partial charge in [0.1, 0.15) is 0 Å². The van der Waals surface area contributed by atoms with E-state index in [2.05, 4.69) is 23.0 Å². The van der Waals surface area contributed by atoms with E-state index in [1.54, 1.807) is 19.0 Å². The second-order valence-corrected chi connectivity index (χ2v) is 1.62. The van der Waals surface area contributed by atoms with Gasteiger partial charge in [0.05, 0.1) is 0 Å². The third-order valence-corrected chi connectivity index (χ3v) is 0.548. The van der Waals surface area contributed by atoms with Gasteiger partial charge in [-0.2, -0.15) is 14.1 Å². The molecular formula is C5H12N2SY-2. The van der Waals surface area contributed by atoms with E-state index < -0.39 is 0 Å². The van der Waals surface area contributed by atoms with Crippen molar-refractivity contribution in [3.8, 4) is 0 Å². The van der Waals surface area contributed by atoms with E-state index in [0.29, 0.717) is 0 Å². The molecule has 0 aliphatic rings. The summed E-state index contributed by atoms with van der Waals surface area (Å²) in [5, 5.41) is 3.50. The summed E-state index contributed by atoms with van der Waals surface area (Å²) in [5.74, 6) is 0. The van der Waals surface area contributed by atoms with Crippen LogP contribution in [0.1, 0.15) is 0 Å². The minimum absolute atomic E-state index is 0. The van der Waals surface area contributed by atoms with E-state index in [0.717, 1.165) is 0 Å². The zero-order chi connectivity index (χ0) is 6.99. The van der Waals surface area contributed by atoms with E-state index in [-0.39, 0.29) is 32.7 Å². The second kappa shape index (κ2) is 16.0. The van der Waals surface area contributed by atoms with E-state index in [4.69, 9.17) is 0 Å². The van der Waals surface area contributed by atoms with Crippen LogP contribution < -0.4 is 0 Å². The molecule has 0 bridgehead atoms. The average Bonchev–Trinajstić information content (AvgIpc) is 1.69. The Balaban J connectivity index is -0.0000000800. The molecule has 0 amide bonds. The van der Waals surface area contributed by atoms with Gasteiger partial charge in [-0.1, -0.05) is 0 Å². The zero-order valence-electron chi connectivity index (χ0n) is 6.38. The first-order valence-corrected chi connectivity index (χ1v) is 2.62. The van der Waals surface area contributed by atoms with Crippen LogP contribution in [0.25, 0.3) is 5.32 Å². The molecule has 0 heterocycles. The molecule has 0 aromatic rings. The van der Waals surface area contributed by atoms with Crippen LogP contribution in [-0.4, -0.2) is 38.6 Å². The summed E-state index contributed by atoms with van der Waals surface area (Å²) in [7, 11) is 7.18. The van der Waals surface area contributed by atoms with Gasteiger partial charge in [0.2, 0.25) is 0 Å². The van der Waals surface area contributed by atoms with E-state index in [1.165, 1.54) is 0 Å². The van der Waals surface area contributed by atoms with Crippen LogP contribution in [0.4, 0.5) is 0 Å². The minimum atomic E-state index is 0. The summed E-state index contributed by atoms with van der Waals surface area (Å²) in [4.78, 5) is 1.69. The minimum Gasteiger partial charge on any atom is -0.668 e. The second-order valence-electron chi connectivity index (χ2n) is 1.43. The molecule has 0 saturated heterocycles. The van der Waals surface area contributed by atoms with Crippen LogP contribution >= 0.6 is 12.2 Å². The van der Waals surface area contributed by atoms with Gasteiger partial charge < -0.3 is 27.9 Å². The van der Waals surface area contributed by atoms with Crippen LogP contribution in [0.3, 0.4) is 0 Å². The quantitative estimate of drug-likeness (QED) is 0.373. The Kier molecular flexibility index (Phi) is 29.3. The third-order valence-electron chi connectivity index (χ3n) is 0.183. The van der Waals surface area contributed by atoms with Gasteiger partial charge in [0, 0.05) is 32.7 Å². The number of hydrogen-bond acceptors (Lipinski definition) is 1. The maximum Gasteiger partial charge on any atom is 0 e. The predicted octanol–water partition coefficient (Wildman–Crippen LogP) is 0.999. The van der Waals surface area contributed by atoms with Crippen molar-refractivity contribution in [3.63, 3.8) is 0 Å². The fraction of sp³-hybridized carbons (Fsp3) is 0.800. The molecule has 0 aliphatic heterocycles. The van der Waals surface area contributed by atoms with Gasteiger partial charge in [0.25, 0.3) is 0 Å². The van der Waals surface area contributed by atoms with Crippen molar-refractivity contribution in [1.29, 1.82) is 0 Å². The maximum atomic E-state index is 4.35.